The van der Waals surface area contributed by atoms with E-state index in [4.69, 9.17) is 18.9 Å². The van der Waals surface area contributed by atoms with Gasteiger partial charge in [0.15, 0.2) is 0 Å². The van der Waals surface area contributed by atoms with Gasteiger partial charge in [0, 0.05) is 95.0 Å². The molecule has 1 saturated carbocycles. The number of phenols is 1. The summed E-state index contributed by atoms with van der Waals surface area (Å²) in [6, 6.07) is 0. The van der Waals surface area contributed by atoms with Gasteiger partial charge in [-0.1, -0.05) is 58.1 Å². The number of imide groups is 1. The summed E-state index contributed by atoms with van der Waals surface area (Å²) in [6.45, 7) is 14.0. The Morgan fingerprint density at radius 2 is 1.47 bits per heavy atom. The van der Waals surface area contributed by atoms with Crippen molar-refractivity contribution in [3.63, 3.8) is 0 Å². The monoisotopic (exact) mass is 968 g/mol. The van der Waals surface area contributed by atoms with Gasteiger partial charge in [-0.05, 0) is 38.2 Å². The number of ether oxygens (including phenoxy) is 4. The third-order valence-corrected chi connectivity index (χ3v) is 15.8. The average Bonchev–Trinajstić information content (AvgIpc) is 4.08. The topological polar surface area (TPSA) is 239 Å². The highest BCUT2D eigenvalue weighted by Gasteiger charge is 2.59. The fourth-order valence-corrected chi connectivity index (χ4v) is 11.6. The molecule has 1 aromatic rings. The quantitative estimate of drug-likeness (QED) is 0.182. The fourth-order valence-electron chi connectivity index (χ4n) is 11.6. The van der Waals surface area contributed by atoms with E-state index in [2.05, 4.69) is 5.32 Å². The van der Waals surface area contributed by atoms with Crippen molar-refractivity contribution in [1.82, 2.24) is 20.0 Å². The third kappa shape index (κ3) is 8.59. The molecule has 7 bridgehead atoms. The van der Waals surface area contributed by atoms with Crippen LogP contribution in [0.2, 0.25) is 0 Å². The molecule has 5 heterocycles. The number of nitrogens with one attached hydrogen (secondary N) is 1. The van der Waals surface area contributed by atoms with Crippen molar-refractivity contribution in [2.75, 3.05) is 46.4 Å². The van der Waals surface area contributed by atoms with Crippen LogP contribution in [-0.2, 0) is 33.4 Å². The molecule has 2 saturated heterocycles. The minimum atomic E-state index is -2.13. The molecule has 4 unspecified atom stereocenters. The number of carbonyl (C=O) groups is 7. The second-order valence-electron chi connectivity index (χ2n) is 20.2. The van der Waals surface area contributed by atoms with E-state index in [9.17, 15) is 44.1 Å². The number of fused-ring (bicyclic) bond motifs is 19. The number of aliphatic hydroxyl groups excluding tert-OH is 2. The number of Topliss-reactive ketones (excluding diaryl/α,β-unsaturated/α-hetero) is 3. The zero-order chi connectivity index (χ0) is 50.8. The lowest BCUT2D eigenvalue weighted by Gasteiger charge is -2.39. The van der Waals surface area contributed by atoms with Gasteiger partial charge in [0.1, 0.15) is 29.0 Å². The summed E-state index contributed by atoms with van der Waals surface area (Å²) in [5.41, 5.74) is -1.70. The Morgan fingerprint density at radius 1 is 0.829 bits per heavy atom. The summed E-state index contributed by atoms with van der Waals surface area (Å²) in [4.78, 5) is 103. The van der Waals surface area contributed by atoms with Crippen LogP contribution in [0.25, 0.3) is 0 Å². The molecule has 3 aliphatic carbocycles. The van der Waals surface area contributed by atoms with Gasteiger partial charge in [-0.15, -0.1) is 0 Å². The van der Waals surface area contributed by atoms with Gasteiger partial charge < -0.3 is 44.5 Å². The number of rotatable bonds is 6. The number of aliphatic hydroxyl groups is 2. The highest BCUT2D eigenvalue weighted by atomic mass is 16.7. The number of hydrogen-bond donors (Lipinski definition) is 4. The van der Waals surface area contributed by atoms with Crippen LogP contribution in [0, 0.1) is 54.3 Å². The number of hydrogen-bond acceptors (Lipinski definition) is 16. The maximum absolute atomic E-state index is 15.2. The number of nitrogens with zero attached hydrogens (tertiary/aromatic N) is 3. The van der Waals surface area contributed by atoms with Crippen molar-refractivity contribution < 1.29 is 67.8 Å². The van der Waals surface area contributed by atoms with Crippen LogP contribution >= 0.6 is 0 Å². The van der Waals surface area contributed by atoms with E-state index in [1.54, 1.807) is 44.7 Å². The van der Waals surface area contributed by atoms with Crippen molar-refractivity contribution in [2.24, 2.45) is 47.3 Å². The molecule has 0 aromatic heterocycles. The number of esters is 1. The van der Waals surface area contributed by atoms with E-state index >= 15 is 4.79 Å². The van der Waals surface area contributed by atoms with Crippen molar-refractivity contribution >= 4 is 41.0 Å². The first-order valence-corrected chi connectivity index (χ1v) is 24.2. The van der Waals surface area contributed by atoms with E-state index < -0.39 is 106 Å². The van der Waals surface area contributed by atoms with Gasteiger partial charge in [-0.2, -0.15) is 0 Å². The first-order chi connectivity index (χ1) is 33.1. The fraction of sp³-hybridized carbons (Fsp3) is 0.558. The second-order valence-corrected chi connectivity index (χ2v) is 20.2. The Hall–Kier alpha value is -5.95. The number of ketones is 3. The van der Waals surface area contributed by atoms with Crippen molar-refractivity contribution in [2.45, 2.75) is 92.0 Å². The number of phenolic OH excluding ortho intramolecular Hbond substituents is 1. The molecule has 0 spiro atoms. The van der Waals surface area contributed by atoms with Crippen LogP contribution in [-0.4, -0.2) is 148 Å². The number of piperazine rings is 1. The summed E-state index contributed by atoms with van der Waals surface area (Å²) >= 11 is 0. The molecule has 376 valence electrons. The highest BCUT2D eigenvalue weighted by Crippen LogP contribution is 2.53. The van der Waals surface area contributed by atoms with E-state index in [-0.39, 0.29) is 83.3 Å². The second kappa shape index (κ2) is 19.3. The summed E-state index contributed by atoms with van der Waals surface area (Å²) in [5, 5.41) is 37.4. The Balaban J connectivity index is 1.13. The molecule has 1 aromatic carbocycles. The lowest BCUT2D eigenvalue weighted by Crippen LogP contribution is -2.51. The highest BCUT2D eigenvalue weighted by molar-refractivity contribution is 6.32. The standard InChI is InChI=1S/C52H64N4O14/c1-24-11-10-12-25(2)49(64)53-39-40(55-19-16-54(17-20-55)18-21-56-50(65)34-31-13-14-32(23-31)35(34)51(56)66)45(62)36-37(44(39)61)43(60)29(6)47-38(36)48(63)52(8,70-47)68-22-15-33(67-9)26(3)46(69-30(7)57)28(5)42(59)27(4)41(24)58/h10-15,22,24,26-28,31-35,41-42,46,58-60H,16-21,23H2,1-9H3,(H,53,64)/b11-10+,22-15+,25-12-/t24-,26+,27+,28-,31?,32?,33-,34?,35?,41-,42-,46+,52-/m0/s1. The smallest absolute Gasteiger partial charge is 0.312 e. The van der Waals surface area contributed by atoms with Gasteiger partial charge in [0.25, 0.3) is 11.7 Å². The van der Waals surface area contributed by atoms with Crippen LogP contribution in [0.1, 0.15) is 91.5 Å². The van der Waals surface area contributed by atoms with E-state index in [0.29, 0.717) is 19.6 Å². The minimum Gasteiger partial charge on any atom is -0.507 e. The van der Waals surface area contributed by atoms with Crippen molar-refractivity contribution in [1.29, 1.82) is 0 Å². The molecule has 13 atom stereocenters. The summed E-state index contributed by atoms with van der Waals surface area (Å²) < 4.78 is 23.7. The van der Waals surface area contributed by atoms with Gasteiger partial charge in [-0.3, -0.25) is 43.4 Å². The summed E-state index contributed by atoms with van der Waals surface area (Å²) in [5.74, 6) is -10.2. The van der Waals surface area contributed by atoms with Crippen LogP contribution in [0.5, 0.6) is 11.5 Å². The first-order valence-electron chi connectivity index (χ1n) is 24.2. The average molecular weight is 969 g/mol. The molecule has 5 aliphatic heterocycles. The zero-order valence-corrected chi connectivity index (χ0v) is 41.1. The number of amides is 3. The number of aromatic hydroxyl groups is 1. The lowest BCUT2D eigenvalue weighted by atomic mass is 9.78. The zero-order valence-electron chi connectivity index (χ0n) is 41.1. The number of benzene rings is 1. The lowest BCUT2D eigenvalue weighted by molar-refractivity contribution is -0.160. The first kappa shape index (κ1) is 50.4. The molecule has 18 nitrogen and oxygen atoms in total. The molecule has 18 heteroatoms. The molecule has 3 amide bonds. The maximum Gasteiger partial charge on any atom is 0.312 e. The Bertz CT molecular complexity index is 2520. The van der Waals surface area contributed by atoms with Crippen LogP contribution in [0.3, 0.4) is 0 Å². The van der Waals surface area contributed by atoms with Crippen LogP contribution < -0.4 is 10.1 Å². The predicted octanol–water partition coefficient (Wildman–Crippen LogP) is 3.38. The molecule has 8 aliphatic rings. The molecule has 0 radical (unpaired) electrons. The van der Waals surface area contributed by atoms with E-state index in [0.717, 1.165) is 6.42 Å². The molecule has 70 heavy (non-hydrogen) atoms. The molecular formula is C52H64N4O14. The maximum atomic E-state index is 15.2. The SMILES string of the molecule is CO[C@H]1/C=C/O[C@@]2(C)Oc3c(C)c(O)c4c(c3C2=O)C(=O)C(N2CCN(CCN3C(=O)C5C6C=CC(C6)C5C3=O)CC2)=C(NC(=O)/C(C)=C\C=C\[C@H](C)[C@H](O)[C@@H](C)[C@H](O)[C@H](C)[C@H](OC(C)=O)[C@@H]1C)C4=O. The van der Waals surface area contributed by atoms with Crippen molar-refractivity contribution in [3.05, 3.63) is 81.9 Å². The van der Waals surface area contributed by atoms with Gasteiger partial charge in [0.2, 0.25) is 23.4 Å². The van der Waals surface area contributed by atoms with Gasteiger partial charge >= 0.3 is 11.8 Å². The third-order valence-electron chi connectivity index (χ3n) is 15.8. The van der Waals surface area contributed by atoms with E-state index in [1.165, 1.54) is 58.1 Å². The number of methoxy groups -OCH3 is 1. The van der Waals surface area contributed by atoms with Crippen molar-refractivity contribution in [3.8, 4) is 11.5 Å². The minimum absolute atomic E-state index is 0.0257. The Labute approximate surface area is 407 Å². The predicted molar refractivity (Wildman–Crippen MR) is 251 cm³/mol. The summed E-state index contributed by atoms with van der Waals surface area (Å²) in [6.07, 6.45) is 8.22. The van der Waals surface area contributed by atoms with E-state index in [1.807, 2.05) is 17.1 Å². The normalized spacial score (nSPS) is 36.5. The largest absolute Gasteiger partial charge is 0.507 e. The summed E-state index contributed by atoms with van der Waals surface area (Å²) in [7, 11) is 1.42. The van der Waals surface area contributed by atoms with Gasteiger partial charge in [-0.25, -0.2) is 0 Å². The Kier molecular flexibility index (Phi) is 13.9. The number of likely N-dealkylation sites (tertiary alicyclic amines) is 1. The number of allylic oxidation sites excluding steroid dienone is 6. The molecule has 4 N–H and O–H groups in total. The van der Waals surface area contributed by atoms with Crippen LogP contribution in [0.15, 0.2) is 59.7 Å². The van der Waals surface area contributed by atoms with Crippen LogP contribution in [0.4, 0.5) is 0 Å². The molecule has 3 fully saturated rings. The van der Waals surface area contributed by atoms with Gasteiger partial charge in [0.05, 0.1) is 53.1 Å². The number of carbonyl (C=O) groups excluding carboxylic acids is 7. The molecular weight excluding hydrogens is 905 g/mol. The Morgan fingerprint density at radius 3 is 2.09 bits per heavy atom. The molecule has 9 rings (SSSR count).